The second-order valence-electron chi connectivity index (χ2n) is 7.43. The number of fused-ring (bicyclic) bond motifs is 1. The number of benzene rings is 2. The van der Waals surface area contributed by atoms with Crippen LogP contribution in [0.4, 0.5) is 0 Å². The van der Waals surface area contributed by atoms with Crippen molar-refractivity contribution in [1.82, 2.24) is 15.1 Å². The molecule has 150 valence electrons. The van der Waals surface area contributed by atoms with Crippen molar-refractivity contribution in [1.29, 1.82) is 0 Å². The van der Waals surface area contributed by atoms with Gasteiger partial charge in [-0.15, -0.1) is 0 Å². The number of amides is 1. The molecule has 0 atom stereocenters. The smallest absolute Gasteiger partial charge is 0.253 e. The average Bonchev–Trinajstić information content (AvgIpc) is 3.15. The first-order valence-corrected chi connectivity index (χ1v) is 11.6. The quantitative estimate of drug-likeness (QED) is 0.716. The SMILES string of the molecule is CS(=O)(=O)C1CCN(C(=O)c2ccc(/C=C/c3n[nH]c4ccccc34)cc2)CC1. The van der Waals surface area contributed by atoms with Crippen molar-refractivity contribution >= 4 is 38.8 Å². The first-order chi connectivity index (χ1) is 13.9. The van der Waals surface area contributed by atoms with Crippen LogP contribution < -0.4 is 0 Å². The predicted octanol–water partition coefficient (Wildman–Crippen LogP) is 3.38. The number of aromatic amines is 1. The Morgan fingerprint density at radius 2 is 1.76 bits per heavy atom. The summed E-state index contributed by atoms with van der Waals surface area (Å²) in [6.45, 7) is 0.953. The van der Waals surface area contributed by atoms with Gasteiger partial charge in [0, 0.05) is 30.3 Å². The first kappa shape index (κ1) is 19.4. The number of H-pyrrole nitrogens is 1. The highest BCUT2D eigenvalue weighted by molar-refractivity contribution is 7.91. The van der Waals surface area contributed by atoms with Gasteiger partial charge in [0.1, 0.15) is 9.84 Å². The van der Waals surface area contributed by atoms with E-state index >= 15 is 0 Å². The van der Waals surface area contributed by atoms with E-state index in [0.717, 1.165) is 22.2 Å². The number of nitrogens with zero attached hydrogens (tertiary/aromatic N) is 2. The molecule has 0 bridgehead atoms. The van der Waals surface area contributed by atoms with Crippen LogP contribution in [0.5, 0.6) is 0 Å². The number of carbonyl (C=O) groups excluding carboxylic acids is 1. The molecule has 1 N–H and O–H groups in total. The molecule has 1 aromatic heterocycles. The minimum absolute atomic E-state index is 0.0502. The fraction of sp³-hybridized carbons (Fsp3) is 0.273. The summed E-state index contributed by atoms with van der Waals surface area (Å²) in [6.07, 6.45) is 6.19. The number of hydrogen-bond donors (Lipinski definition) is 1. The maximum atomic E-state index is 12.7. The molecule has 1 aliphatic heterocycles. The van der Waals surface area contributed by atoms with Gasteiger partial charge in [0.05, 0.1) is 16.5 Å². The van der Waals surface area contributed by atoms with E-state index in [1.807, 2.05) is 60.7 Å². The number of likely N-dealkylation sites (tertiary alicyclic amines) is 1. The van der Waals surface area contributed by atoms with Crippen LogP contribution in [-0.4, -0.2) is 54.0 Å². The maximum Gasteiger partial charge on any atom is 0.253 e. The van der Waals surface area contributed by atoms with Gasteiger partial charge in [-0.05, 0) is 42.7 Å². The van der Waals surface area contributed by atoms with Crippen LogP contribution in [0.1, 0.15) is 34.5 Å². The van der Waals surface area contributed by atoms with E-state index in [4.69, 9.17) is 0 Å². The van der Waals surface area contributed by atoms with Crippen molar-refractivity contribution in [3.63, 3.8) is 0 Å². The molecular weight excluding hydrogens is 386 g/mol. The highest BCUT2D eigenvalue weighted by Gasteiger charge is 2.29. The summed E-state index contributed by atoms with van der Waals surface area (Å²) in [4.78, 5) is 14.4. The van der Waals surface area contributed by atoms with Gasteiger partial charge < -0.3 is 4.90 Å². The normalized spacial score (nSPS) is 16.0. The van der Waals surface area contributed by atoms with Crippen LogP contribution in [0.25, 0.3) is 23.1 Å². The summed E-state index contributed by atoms with van der Waals surface area (Å²) in [7, 11) is -3.04. The van der Waals surface area contributed by atoms with Crippen molar-refractivity contribution in [3.05, 3.63) is 65.4 Å². The van der Waals surface area contributed by atoms with Crippen LogP contribution in [0.2, 0.25) is 0 Å². The summed E-state index contributed by atoms with van der Waals surface area (Å²) < 4.78 is 23.3. The lowest BCUT2D eigenvalue weighted by Gasteiger charge is -2.31. The van der Waals surface area contributed by atoms with E-state index in [2.05, 4.69) is 10.2 Å². The molecule has 0 unspecified atom stereocenters. The Hall–Kier alpha value is -2.93. The van der Waals surface area contributed by atoms with Gasteiger partial charge in [-0.3, -0.25) is 9.89 Å². The topological polar surface area (TPSA) is 83.1 Å². The second kappa shape index (κ2) is 7.83. The summed E-state index contributed by atoms with van der Waals surface area (Å²) in [5, 5.41) is 8.06. The minimum Gasteiger partial charge on any atom is -0.339 e. The number of nitrogens with one attached hydrogen (secondary N) is 1. The highest BCUT2D eigenvalue weighted by Crippen LogP contribution is 2.20. The lowest BCUT2D eigenvalue weighted by atomic mass is 10.1. The van der Waals surface area contributed by atoms with Crippen LogP contribution >= 0.6 is 0 Å². The Balaban J connectivity index is 1.42. The maximum absolute atomic E-state index is 12.7. The number of rotatable bonds is 4. The Morgan fingerprint density at radius 3 is 2.45 bits per heavy atom. The minimum atomic E-state index is -3.04. The number of aromatic nitrogens is 2. The van der Waals surface area contributed by atoms with Crippen molar-refractivity contribution in [2.24, 2.45) is 0 Å². The highest BCUT2D eigenvalue weighted by atomic mass is 32.2. The lowest BCUT2D eigenvalue weighted by molar-refractivity contribution is 0.0725. The van der Waals surface area contributed by atoms with Gasteiger partial charge in [-0.1, -0.05) is 36.4 Å². The third-order valence-electron chi connectivity index (χ3n) is 5.43. The molecule has 7 heteroatoms. The van der Waals surface area contributed by atoms with E-state index in [1.165, 1.54) is 6.26 Å². The lowest BCUT2D eigenvalue weighted by Crippen LogP contribution is -2.42. The second-order valence-corrected chi connectivity index (χ2v) is 9.76. The Morgan fingerprint density at radius 1 is 1.07 bits per heavy atom. The molecule has 0 aliphatic carbocycles. The molecule has 3 aromatic rings. The van der Waals surface area contributed by atoms with Crippen molar-refractivity contribution in [3.8, 4) is 0 Å². The third-order valence-corrected chi connectivity index (χ3v) is 7.11. The molecule has 2 heterocycles. The van der Waals surface area contributed by atoms with E-state index in [-0.39, 0.29) is 11.2 Å². The monoisotopic (exact) mass is 409 g/mol. The van der Waals surface area contributed by atoms with Crippen LogP contribution in [0, 0.1) is 0 Å². The van der Waals surface area contributed by atoms with E-state index in [0.29, 0.717) is 31.5 Å². The molecule has 0 spiro atoms. The summed E-state index contributed by atoms with van der Waals surface area (Å²) in [5.74, 6) is -0.0502. The molecule has 0 radical (unpaired) electrons. The third kappa shape index (κ3) is 4.24. The molecule has 2 aromatic carbocycles. The molecule has 1 saturated heterocycles. The molecule has 29 heavy (non-hydrogen) atoms. The van der Waals surface area contributed by atoms with Crippen molar-refractivity contribution in [2.75, 3.05) is 19.3 Å². The van der Waals surface area contributed by atoms with Gasteiger partial charge in [-0.25, -0.2) is 8.42 Å². The van der Waals surface area contributed by atoms with E-state index in [9.17, 15) is 13.2 Å². The standard InChI is InChI=1S/C22H23N3O3S/c1-29(27,28)18-12-14-25(15-13-18)22(26)17-9-6-16(7-10-17)8-11-21-19-4-2-3-5-20(19)23-24-21/h2-11,18H,12-15H2,1H3,(H,23,24)/b11-8+. The molecule has 1 aliphatic rings. The van der Waals surface area contributed by atoms with Gasteiger partial charge in [0.25, 0.3) is 5.91 Å². The number of hydrogen-bond acceptors (Lipinski definition) is 4. The zero-order valence-electron chi connectivity index (χ0n) is 16.2. The molecule has 6 nitrogen and oxygen atoms in total. The van der Waals surface area contributed by atoms with Crippen molar-refractivity contribution < 1.29 is 13.2 Å². The Kier molecular flexibility index (Phi) is 5.24. The zero-order valence-corrected chi connectivity index (χ0v) is 17.0. The van der Waals surface area contributed by atoms with Gasteiger partial charge in [0.2, 0.25) is 0 Å². The number of sulfone groups is 1. The molecular formula is C22H23N3O3S. The van der Waals surface area contributed by atoms with Crippen molar-refractivity contribution in [2.45, 2.75) is 18.1 Å². The van der Waals surface area contributed by atoms with Gasteiger partial charge >= 0.3 is 0 Å². The van der Waals surface area contributed by atoms with E-state index < -0.39 is 9.84 Å². The average molecular weight is 410 g/mol. The predicted molar refractivity (Wildman–Crippen MR) is 115 cm³/mol. The van der Waals surface area contributed by atoms with Gasteiger partial charge in [0.15, 0.2) is 0 Å². The van der Waals surface area contributed by atoms with Crippen LogP contribution in [0.15, 0.2) is 48.5 Å². The van der Waals surface area contributed by atoms with Crippen LogP contribution in [0.3, 0.4) is 0 Å². The summed E-state index contributed by atoms with van der Waals surface area (Å²) >= 11 is 0. The molecule has 1 fully saturated rings. The fourth-order valence-corrected chi connectivity index (χ4v) is 4.76. The Labute approximate surface area is 170 Å². The summed E-state index contributed by atoms with van der Waals surface area (Å²) in [6, 6.07) is 15.4. The Bertz CT molecular complexity index is 1160. The number of para-hydroxylation sites is 1. The molecule has 4 rings (SSSR count). The van der Waals surface area contributed by atoms with Crippen LogP contribution in [-0.2, 0) is 9.84 Å². The number of carbonyl (C=O) groups is 1. The largest absolute Gasteiger partial charge is 0.339 e. The molecule has 1 amide bonds. The molecule has 0 saturated carbocycles. The number of piperidine rings is 1. The van der Waals surface area contributed by atoms with Gasteiger partial charge in [-0.2, -0.15) is 5.10 Å². The zero-order chi connectivity index (χ0) is 20.4. The first-order valence-electron chi connectivity index (χ1n) is 9.61. The fourth-order valence-electron chi connectivity index (χ4n) is 3.69. The summed E-state index contributed by atoms with van der Waals surface area (Å²) in [5.41, 5.74) is 3.46. The van der Waals surface area contributed by atoms with E-state index in [1.54, 1.807) is 4.90 Å².